The molecule has 0 aliphatic carbocycles. The average molecular weight is 533 g/mol. The van der Waals surface area contributed by atoms with Crippen molar-refractivity contribution in [2.24, 2.45) is 17.3 Å². The number of amides is 2. The lowest BCUT2D eigenvalue weighted by Crippen LogP contribution is -2.62. The Morgan fingerprint density at radius 3 is 2.50 bits per heavy atom. The fourth-order valence-corrected chi connectivity index (χ4v) is 7.17. The van der Waals surface area contributed by atoms with Crippen LogP contribution in [0.15, 0.2) is 25.3 Å². The Morgan fingerprint density at radius 1 is 1.24 bits per heavy atom. The molecule has 3 rings (SSSR count). The highest BCUT2D eigenvalue weighted by atomic mass is 16.6. The van der Waals surface area contributed by atoms with E-state index in [-0.39, 0.29) is 30.4 Å². The Labute approximate surface area is 228 Å². The quantitative estimate of drug-likeness (QED) is 0.220. The van der Waals surface area contributed by atoms with Gasteiger partial charge in [0.2, 0.25) is 11.8 Å². The minimum absolute atomic E-state index is 0.0452. The molecule has 8 nitrogen and oxygen atoms in total. The molecule has 3 saturated heterocycles. The van der Waals surface area contributed by atoms with Gasteiger partial charge >= 0.3 is 5.97 Å². The van der Waals surface area contributed by atoms with Gasteiger partial charge in [0.05, 0.1) is 37.2 Å². The zero-order valence-electron chi connectivity index (χ0n) is 24.2. The second-order valence-electron chi connectivity index (χ2n) is 13.1. The Bertz CT molecular complexity index is 924. The second-order valence-corrected chi connectivity index (χ2v) is 13.1. The van der Waals surface area contributed by atoms with Gasteiger partial charge in [-0.25, -0.2) is 0 Å². The molecule has 214 valence electrons. The van der Waals surface area contributed by atoms with Gasteiger partial charge in [0, 0.05) is 12.1 Å². The first-order chi connectivity index (χ1) is 17.8. The minimum Gasteiger partial charge on any atom is -0.465 e. The van der Waals surface area contributed by atoms with Gasteiger partial charge in [0.15, 0.2) is 0 Å². The number of hydrogen-bond donors (Lipinski definition) is 1. The van der Waals surface area contributed by atoms with E-state index >= 15 is 0 Å². The summed E-state index contributed by atoms with van der Waals surface area (Å²) in [4.78, 5) is 45.1. The normalized spacial score (nSPS) is 29.2. The molecule has 38 heavy (non-hydrogen) atoms. The molecule has 3 aliphatic rings. The summed E-state index contributed by atoms with van der Waals surface area (Å²) >= 11 is 0. The molecule has 2 bridgehead atoms. The average Bonchev–Trinajstić information content (AvgIpc) is 3.47. The van der Waals surface area contributed by atoms with Crippen LogP contribution in [-0.2, 0) is 23.9 Å². The SMILES string of the molecule is C=CCCCCOC(=O)[C@@H]1[C@H]2C(=O)N([C@H](C)CO)C(C(=O)N(CC=C)C(C)(C)CC(C)(C)C)C23CC[C@H]1O3. The van der Waals surface area contributed by atoms with E-state index in [4.69, 9.17) is 9.47 Å². The number of allylic oxidation sites excluding steroid dienone is 1. The van der Waals surface area contributed by atoms with Crippen molar-refractivity contribution in [3.05, 3.63) is 25.3 Å². The first-order valence-electron chi connectivity index (χ1n) is 14.1. The first-order valence-corrected chi connectivity index (χ1v) is 14.1. The molecule has 0 aromatic carbocycles. The molecule has 6 atom stereocenters. The summed E-state index contributed by atoms with van der Waals surface area (Å²) in [5, 5.41) is 10.1. The standard InChI is InChI=1S/C30H48N2O6/c1-9-11-12-13-17-37-27(36)22-21-14-15-30(38-21)23(22)25(34)32(20(3)18-33)24(30)26(35)31(16-10-2)29(7,8)19-28(4,5)6/h9-10,20-24,33H,1-2,11-19H2,3-8H3/t20-,21-,22+,23+,24?,30?/m1/s1. The van der Waals surface area contributed by atoms with E-state index < -0.39 is 47.1 Å². The number of aliphatic hydroxyl groups excluding tert-OH is 1. The summed E-state index contributed by atoms with van der Waals surface area (Å²) in [6, 6.07) is -1.54. The minimum atomic E-state index is -1.12. The van der Waals surface area contributed by atoms with Crippen molar-refractivity contribution >= 4 is 17.8 Å². The van der Waals surface area contributed by atoms with E-state index in [1.54, 1.807) is 17.9 Å². The molecule has 3 heterocycles. The van der Waals surface area contributed by atoms with Crippen LogP contribution >= 0.6 is 0 Å². The van der Waals surface area contributed by atoms with E-state index in [0.29, 0.717) is 25.8 Å². The fraction of sp³-hybridized carbons (Fsp3) is 0.767. The van der Waals surface area contributed by atoms with Crippen LogP contribution in [-0.4, -0.2) is 81.8 Å². The van der Waals surface area contributed by atoms with Crippen molar-refractivity contribution in [1.29, 1.82) is 0 Å². The molecular formula is C30H48N2O6. The summed E-state index contributed by atoms with van der Waals surface area (Å²) in [6.45, 7) is 20.1. The van der Waals surface area contributed by atoms with E-state index in [1.807, 2.05) is 19.9 Å². The van der Waals surface area contributed by atoms with E-state index in [0.717, 1.165) is 19.3 Å². The van der Waals surface area contributed by atoms with Crippen LogP contribution in [0.2, 0.25) is 0 Å². The van der Waals surface area contributed by atoms with Gasteiger partial charge < -0.3 is 24.4 Å². The maximum atomic E-state index is 14.5. The van der Waals surface area contributed by atoms with Gasteiger partial charge in [-0.15, -0.1) is 13.2 Å². The highest BCUT2D eigenvalue weighted by Crippen LogP contribution is 2.59. The maximum Gasteiger partial charge on any atom is 0.312 e. The molecule has 0 saturated carbocycles. The third-order valence-corrected chi connectivity index (χ3v) is 8.30. The lowest BCUT2D eigenvalue weighted by atomic mass is 9.70. The summed E-state index contributed by atoms with van der Waals surface area (Å²) in [7, 11) is 0. The van der Waals surface area contributed by atoms with Crippen LogP contribution in [0.4, 0.5) is 0 Å². The van der Waals surface area contributed by atoms with Crippen LogP contribution in [0.1, 0.15) is 80.1 Å². The van der Waals surface area contributed by atoms with Crippen molar-refractivity contribution in [1.82, 2.24) is 9.80 Å². The largest absolute Gasteiger partial charge is 0.465 e. The van der Waals surface area contributed by atoms with Crippen LogP contribution < -0.4 is 0 Å². The Balaban J connectivity index is 1.97. The van der Waals surface area contributed by atoms with Crippen LogP contribution in [0.25, 0.3) is 0 Å². The second kappa shape index (κ2) is 11.5. The van der Waals surface area contributed by atoms with Gasteiger partial charge in [-0.3, -0.25) is 14.4 Å². The number of fused-ring (bicyclic) bond motifs is 1. The zero-order chi connectivity index (χ0) is 28.5. The van der Waals surface area contributed by atoms with Crippen molar-refractivity contribution in [3.8, 4) is 0 Å². The van der Waals surface area contributed by atoms with Gasteiger partial charge in [-0.2, -0.15) is 0 Å². The number of nitrogens with zero attached hydrogens (tertiary/aromatic N) is 2. The molecular weight excluding hydrogens is 484 g/mol. The smallest absolute Gasteiger partial charge is 0.312 e. The van der Waals surface area contributed by atoms with Gasteiger partial charge in [0.1, 0.15) is 11.6 Å². The highest BCUT2D eigenvalue weighted by molar-refractivity contribution is 5.98. The molecule has 8 heteroatoms. The summed E-state index contributed by atoms with van der Waals surface area (Å²) in [5.74, 6) is -2.53. The number of ether oxygens (including phenoxy) is 2. The predicted molar refractivity (Wildman–Crippen MR) is 146 cm³/mol. The van der Waals surface area contributed by atoms with Crippen molar-refractivity contribution < 1.29 is 29.0 Å². The number of aliphatic hydroxyl groups is 1. The highest BCUT2D eigenvalue weighted by Gasteiger charge is 2.75. The third kappa shape index (κ3) is 5.57. The molecule has 1 N–H and O–H groups in total. The van der Waals surface area contributed by atoms with Crippen molar-refractivity contribution in [2.75, 3.05) is 19.8 Å². The number of hydrogen-bond acceptors (Lipinski definition) is 6. The van der Waals surface area contributed by atoms with Crippen LogP contribution in [0.5, 0.6) is 0 Å². The van der Waals surface area contributed by atoms with E-state index in [9.17, 15) is 19.5 Å². The number of likely N-dealkylation sites (tertiary alicyclic amines) is 1. The molecule has 3 aliphatic heterocycles. The molecule has 0 aromatic rings. The third-order valence-electron chi connectivity index (χ3n) is 8.30. The molecule has 0 radical (unpaired) electrons. The number of unbranched alkanes of at least 4 members (excludes halogenated alkanes) is 2. The molecule has 2 unspecified atom stereocenters. The Kier molecular flexibility index (Phi) is 9.19. The number of carbonyl (C=O) groups excluding carboxylic acids is 3. The number of rotatable bonds is 13. The van der Waals surface area contributed by atoms with Gasteiger partial charge in [0.25, 0.3) is 0 Å². The topological polar surface area (TPSA) is 96.4 Å². The lowest BCUT2D eigenvalue weighted by Gasteiger charge is -2.46. The molecule has 3 fully saturated rings. The summed E-state index contributed by atoms with van der Waals surface area (Å²) < 4.78 is 12.1. The molecule has 1 spiro atoms. The fourth-order valence-electron chi connectivity index (χ4n) is 7.17. The molecule has 0 aromatic heterocycles. The monoisotopic (exact) mass is 532 g/mol. The number of carbonyl (C=O) groups is 3. The summed E-state index contributed by atoms with van der Waals surface area (Å²) in [6.07, 6.45) is 7.33. The van der Waals surface area contributed by atoms with Crippen molar-refractivity contribution in [2.45, 2.75) is 109 Å². The van der Waals surface area contributed by atoms with Gasteiger partial charge in [-0.1, -0.05) is 32.9 Å². The maximum absolute atomic E-state index is 14.5. The Hall–Kier alpha value is -2.19. The molecule has 2 amide bonds. The number of esters is 1. The first kappa shape index (κ1) is 30.4. The van der Waals surface area contributed by atoms with Crippen LogP contribution in [0, 0.1) is 17.3 Å². The predicted octanol–water partition coefficient (Wildman–Crippen LogP) is 3.87. The lowest BCUT2D eigenvalue weighted by molar-refractivity contribution is -0.157. The van der Waals surface area contributed by atoms with Crippen molar-refractivity contribution in [3.63, 3.8) is 0 Å². The summed E-state index contributed by atoms with van der Waals surface area (Å²) in [5.41, 5.74) is -1.70. The Morgan fingerprint density at radius 2 is 1.92 bits per heavy atom. The van der Waals surface area contributed by atoms with E-state index in [1.165, 1.54) is 4.90 Å². The van der Waals surface area contributed by atoms with E-state index in [2.05, 4.69) is 33.9 Å². The van der Waals surface area contributed by atoms with Crippen LogP contribution in [0.3, 0.4) is 0 Å². The van der Waals surface area contributed by atoms with Gasteiger partial charge in [-0.05, 0) is 64.7 Å². The zero-order valence-corrected chi connectivity index (χ0v) is 24.2.